The van der Waals surface area contributed by atoms with Gasteiger partial charge >= 0.3 is 0 Å². The van der Waals surface area contributed by atoms with Gasteiger partial charge in [-0.15, -0.1) is 0 Å². The summed E-state index contributed by atoms with van der Waals surface area (Å²) in [5.74, 6) is 1.46. The largest absolute Gasteiger partial charge is 0.497 e. The summed E-state index contributed by atoms with van der Waals surface area (Å²) in [4.78, 5) is 9.18. The molecular weight excluding hydrogens is 316 g/mol. The second-order valence-corrected chi connectivity index (χ2v) is 6.05. The Morgan fingerprint density at radius 2 is 1.96 bits per heavy atom. The highest BCUT2D eigenvalue weighted by Crippen LogP contribution is 2.29. The van der Waals surface area contributed by atoms with Crippen molar-refractivity contribution in [1.82, 2.24) is 14.5 Å². The number of aromatic nitrogens is 3. The van der Waals surface area contributed by atoms with E-state index in [2.05, 4.69) is 19.7 Å². The molecule has 0 fully saturated rings. The summed E-state index contributed by atoms with van der Waals surface area (Å²) in [5, 5.41) is 13.7. The van der Waals surface area contributed by atoms with Crippen LogP contribution in [0, 0.1) is 20.8 Å². The van der Waals surface area contributed by atoms with Gasteiger partial charge in [0.2, 0.25) is 0 Å². The summed E-state index contributed by atoms with van der Waals surface area (Å²) in [6, 6.07) is 5.95. The zero-order valence-corrected chi connectivity index (χ0v) is 15.2. The number of hydrogen-bond donors (Lipinski definition) is 1. The van der Waals surface area contributed by atoms with E-state index in [0.717, 1.165) is 33.6 Å². The normalized spacial score (nSPS) is 12.0. The van der Waals surface area contributed by atoms with Crippen LogP contribution in [0.5, 0.6) is 5.75 Å². The molecule has 130 valence electrons. The Bertz CT molecular complexity index is 973. The van der Waals surface area contributed by atoms with Crippen LogP contribution in [0.2, 0.25) is 0 Å². The first-order chi connectivity index (χ1) is 12.0. The number of ether oxygens (including phenoxy) is 1. The molecule has 2 aromatic heterocycles. The summed E-state index contributed by atoms with van der Waals surface area (Å²) < 4.78 is 7.36. The lowest BCUT2D eigenvalue weighted by molar-refractivity contribution is 0.318. The standard InChI is InChI=1S/C19H22N4O2/c1-6-15(22-24)18-17-12(3)10-23(19(17)21-13(4)20-18)16-8-7-14(25-5)9-11(16)2/h7-10,24H,6H2,1-5H3. The number of hydrogen-bond acceptors (Lipinski definition) is 5. The van der Waals surface area contributed by atoms with Crippen molar-refractivity contribution in [3.05, 3.63) is 47.0 Å². The van der Waals surface area contributed by atoms with E-state index in [4.69, 9.17) is 4.74 Å². The lowest BCUT2D eigenvalue weighted by Crippen LogP contribution is -2.07. The van der Waals surface area contributed by atoms with Crippen LogP contribution in [0.3, 0.4) is 0 Å². The first-order valence-electron chi connectivity index (χ1n) is 8.22. The maximum Gasteiger partial charge on any atom is 0.149 e. The predicted molar refractivity (Wildman–Crippen MR) is 98.2 cm³/mol. The van der Waals surface area contributed by atoms with E-state index in [0.29, 0.717) is 23.7 Å². The fraction of sp³-hybridized carbons (Fsp3) is 0.316. The maximum absolute atomic E-state index is 9.35. The van der Waals surface area contributed by atoms with Crippen LogP contribution in [0.25, 0.3) is 16.7 Å². The summed E-state index contributed by atoms with van der Waals surface area (Å²) in [5.41, 5.74) is 5.21. The Morgan fingerprint density at radius 1 is 1.20 bits per heavy atom. The van der Waals surface area contributed by atoms with Crippen LogP contribution in [-0.4, -0.2) is 32.6 Å². The third-order valence-corrected chi connectivity index (χ3v) is 4.34. The monoisotopic (exact) mass is 338 g/mol. The molecule has 0 aliphatic heterocycles. The molecule has 3 rings (SSSR count). The smallest absolute Gasteiger partial charge is 0.149 e. The Kier molecular flexibility index (Phi) is 4.44. The van der Waals surface area contributed by atoms with E-state index in [9.17, 15) is 5.21 Å². The van der Waals surface area contributed by atoms with Gasteiger partial charge in [-0.05, 0) is 56.5 Å². The van der Waals surface area contributed by atoms with Crippen LogP contribution >= 0.6 is 0 Å². The van der Waals surface area contributed by atoms with Crippen molar-refractivity contribution in [2.45, 2.75) is 34.1 Å². The van der Waals surface area contributed by atoms with Gasteiger partial charge in [0.25, 0.3) is 0 Å². The summed E-state index contributed by atoms with van der Waals surface area (Å²) >= 11 is 0. The molecule has 0 amide bonds. The molecule has 2 heterocycles. The summed E-state index contributed by atoms with van der Waals surface area (Å²) in [6.07, 6.45) is 2.63. The first kappa shape index (κ1) is 17.0. The Balaban J connectivity index is 2.32. The van der Waals surface area contributed by atoms with Gasteiger partial charge < -0.3 is 14.5 Å². The van der Waals surface area contributed by atoms with E-state index in [1.807, 2.05) is 52.1 Å². The van der Waals surface area contributed by atoms with E-state index in [1.54, 1.807) is 7.11 Å². The number of benzene rings is 1. The number of fused-ring (bicyclic) bond motifs is 1. The number of nitrogens with zero attached hydrogens (tertiary/aromatic N) is 4. The van der Waals surface area contributed by atoms with Crippen molar-refractivity contribution in [3.63, 3.8) is 0 Å². The van der Waals surface area contributed by atoms with Gasteiger partial charge in [0.15, 0.2) is 0 Å². The fourth-order valence-electron chi connectivity index (χ4n) is 3.12. The molecule has 0 radical (unpaired) electrons. The zero-order valence-electron chi connectivity index (χ0n) is 15.2. The molecule has 1 N–H and O–H groups in total. The van der Waals surface area contributed by atoms with Gasteiger partial charge in [-0.25, -0.2) is 9.97 Å². The number of aryl methyl sites for hydroxylation is 3. The van der Waals surface area contributed by atoms with E-state index >= 15 is 0 Å². The number of oxime groups is 1. The van der Waals surface area contributed by atoms with Gasteiger partial charge in [-0.1, -0.05) is 12.1 Å². The number of rotatable bonds is 4. The second-order valence-electron chi connectivity index (χ2n) is 6.05. The van der Waals surface area contributed by atoms with Gasteiger partial charge in [0.1, 0.15) is 28.6 Å². The Morgan fingerprint density at radius 3 is 2.56 bits per heavy atom. The molecule has 0 saturated heterocycles. The van der Waals surface area contributed by atoms with Crippen molar-refractivity contribution in [2.75, 3.05) is 7.11 Å². The van der Waals surface area contributed by atoms with Gasteiger partial charge in [0, 0.05) is 11.6 Å². The van der Waals surface area contributed by atoms with E-state index in [-0.39, 0.29) is 0 Å². The fourth-order valence-corrected chi connectivity index (χ4v) is 3.12. The van der Waals surface area contributed by atoms with Crippen LogP contribution in [0.4, 0.5) is 0 Å². The average molecular weight is 338 g/mol. The Hall–Kier alpha value is -2.89. The minimum atomic E-state index is 0.558. The quantitative estimate of drug-likeness (QED) is 0.444. The molecule has 0 atom stereocenters. The third kappa shape index (κ3) is 2.84. The first-order valence-corrected chi connectivity index (χ1v) is 8.22. The second kappa shape index (κ2) is 6.55. The van der Waals surface area contributed by atoms with E-state index in [1.165, 1.54) is 0 Å². The summed E-state index contributed by atoms with van der Waals surface area (Å²) in [7, 11) is 1.66. The highest BCUT2D eigenvalue weighted by atomic mass is 16.5. The molecule has 0 saturated carbocycles. The molecule has 0 bridgehead atoms. The highest BCUT2D eigenvalue weighted by molar-refractivity contribution is 6.09. The van der Waals surface area contributed by atoms with Gasteiger partial charge in [0.05, 0.1) is 12.8 Å². The molecular formula is C19H22N4O2. The molecule has 6 nitrogen and oxygen atoms in total. The summed E-state index contributed by atoms with van der Waals surface area (Å²) in [6.45, 7) is 7.85. The lowest BCUT2D eigenvalue weighted by Gasteiger charge is -2.11. The van der Waals surface area contributed by atoms with Crippen molar-refractivity contribution >= 4 is 16.7 Å². The highest BCUT2D eigenvalue weighted by Gasteiger charge is 2.18. The third-order valence-electron chi connectivity index (χ3n) is 4.34. The van der Waals surface area contributed by atoms with Crippen molar-refractivity contribution < 1.29 is 9.94 Å². The number of methoxy groups -OCH3 is 1. The molecule has 3 aromatic rings. The van der Waals surface area contributed by atoms with Crippen LogP contribution < -0.4 is 4.74 Å². The minimum absolute atomic E-state index is 0.558. The molecule has 1 aromatic carbocycles. The molecule has 6 heteroatoms. The molecule has 0 unspecified atom stereocenters. The Labute approximate surface area is 146 Å². The van der Waals surface area contributed by atoms with Crippen LogP contribution in [-0.2, 0) is 0 Å². The zero-order chi connectivity index (χ0) is 18.1. The predicted octanol–water partition coefficient (Wildman–Crippen LogP) is 3.94. The van der Waals surface area contributed by atoms with Gasteiger partial charge in [-0.3, -0.25) is 0 Å². The SMILES string of the molecule is CCC(=NO)c1nc(C)nc2c1c(C)cn2-c1ccc(OC)cc1C. The van der Waals surface area contributed by atoms with Crippen LogP contribution in [0.1, 0.15) is 36.0 Å². The minimum Gasteiger partial charge on any atom is -0.497 e. The lowest BCUT2D eigenvalue weighted by atomic mass is 10.1. The molecule has 0 spiro atoms. The maximum atomic E-state index is 9.35. The van der Waals surface area contributed by atoms with Crippen molar-refractivity contribution in [2.24, 2.45) is 5.16 Å². The van der Waals surface area contributed by atoms with Crippen molar-refractivity contribution in [1.29, 1.82) is 0 Å². The molecule has 0 aliphatic carbocycles. The molecule has 25 heavy (non-hydrogen) atoms. The molecule has 0 aliphatic rings. The van der Waals surface area contributed by atoms with Gasteiger partial charge in [-0.2, -0.15) is 0 Å². The van der Waals surface area contributed by atoms with E-state index < -0.39 is 0 Å². The topological polar surface area (TPSA) is 72.5 Å². The van der Waals surface area contributed by atoms with Crippen LogP contribution in [0.15, 0.2) is 29.6 Å². The average Bonchev–Trinajstić information content (AvgIpc) is 2.92. The van der Waals surface area contributed by atoms with Crippen molar-refractivity contribution in [3.8, 4) is 11.4 Å².